The van der Waals surface area contributed by atoms with Gasteiger partial charge in [0.2, 0.25) is 0 Å². The number of hydrogen-bond acceptors (Lipinski definition) is 9. The lowest BCUT2D eigenvalue weighted by atomic mass is 10.1. The fraction of sp³-hybridized carbons (Fsp3) is 0.778. The zero-order chi connectivity index (χ0) is 25.9. The van der Waals surface area contributed by atoms with E-state index in [1.165, 1.54) is 6.92 Å². The van der Waals surface area contributed by atoms with Gasteiger partial charge in [-0.3, -0.25) is 19.2 Å². The molecule has 0 bridgehead atoms. The number of rotatable bonds is 9. The predicted molar refractivity (Wildman–Crippen MR) is 114 cm³/mol. The zero-order valence-corrected chi connectivity index (χ0v) is 18.8. The van der Waals surface area contributed by atoms with Crippen molar-refractivity contribution in [1.82, 2.24) is 0 Å². The Kier molecular flexibility index (Phi) is 24.4. The van der Waals surface area contributed by atoms with Crippen LogP contribution < -0.4 is 22.9 Å². The molecule has 0 spiro atoms. The van der Waals surface area contributed by atoms with Crippen LogP contribution in [0.5, 0.6) is 0 Å². The van der Waals surface area contributed by atoms with Gasteiger partial charge in [-0.15, -0.1) is 0 Å². The average Bonchev–Trinajstić information content (AvgIpc) is 2.61. The van der Waals surface area contributed by atoms with Crippen molar-refractivity contribution in [3.05, 3.63) is 0 Å². The molecule has 0 heterocycles. The monoisotopic (exact) mass is 456 g/mol. The summed E-state index contributed by atoms with van der Waals surface area (Å²) in [6.07, 6.45) is 1.10. The summed E-state index contributed by atoms with van der Waals surface area (Å²) < 4.78 is 0. The maximum Gasteiger partial charge on any atom is 0.322 e. The summed E-state index contributed by atoms with van der Waals surface area (Å²) >= 11 is 0. The second-order valence-corrected chi connectivity index (χ2v) is 7.40. The second kappa shape index (κ2) is 20.9. The Morgan fingerprint density at radius 3 is 0.839 bits per heavy atom. The number of carboxylic acid groups (broad SMARTS) is 4. The first-order valence-electron chi connectivity index (χ1n) is 9.44. The van der Waals surface area contributed by atoms with Gasteiger partial charge in [0, 0.05) is 0 Å². The minimum atomic E-state index is -1.18. The Morgan fingerprint density at radius 2 is 0.806 bits per heavy atom. The van der Waals surface area contributed by atoms with Crippen LogP contribution in [0.2, 0.25) is 0 Å². The Labute approximate surface area is 182 Å². The molecule has 0 fully saturated rings. The van der Waals surface area contributed by atoms with Crippen LogP contribution >= 0.6 is 0 Å². The first-order chi connectivity index (χ1) is 13.9. The molecule has 0 aromatic heterocycles. The standard InChI is InChI=1S/2C6H13NO2.C3H7NO3.C3H7NO2/c2*1-4(2)3-5(7)6(8)9;4-2(1-5)3(6)7;1-2(4)3(5)6/h2*4-5H,3,7H2,1-2H3,(H,8,9);2,5H,1,4H2,(H,6,7);2H,4H2,1H3,(H,5,6)/t2*5-;2*2-/m0000/s1. The van der Waals surface area contributed by atoms with E-state index in [1.54, 1.807) is 0 Å². The van der Waals surface area contributed by atoms with Crippen LogP contribution in [0.1, 0.15) is 47.5 Å². The van der Waals surface area contributed by atoms with Gasteiger partial charge in [-0.05, 0) is 31.6 Å². The smallest absolute Gasteiger partial charge is 0.322 e. The molecule has 0 aromatic carbocycles. The van der Waals surface area contributed by atoms with Crippen LogP contribution in [0.4, 0.5) is 0 Å². The molecule has 0 aromatic rings. The summed E-state index contributed by atoms with van der Waals surface area (Å²) in [5.74, 6) is -3.25. The van der Waals surface area contributed by atoms with E-state index >= 15 is 0 Å². The van der Waals surface area contributed by atoms with Crippen LogP contribution in [0.25, 0.3) is 0 Å². The highest BCUT2D eigenvalue weighted by Gasteiger charge is 2.12. The highest BCUT2D eigenvalue weighted by atomic mass is 16.4. The average molecular weight is 457 g/mol. The number of nitrogens with two attached hydrogens (primary N) is 4. The Bertz CT molecular complexity index is 488. The first-order valence-corrected chi connectivity index (χ1v) is 9.44. The highest BCUT2D eigenvalue weighted by molar-refractivity contribution is 5.73. The molecule has 0 amide bonds. The SMILES string of the molecule is CC(C)C[C@H](N)C(=O)O.CC(C)C[C@H](N)C(=O)O.C[C@H](N)C(=O)O.N[C@@H](CO)C(=O)O. The lowest BCUT2D eigenvalue weighted by molar-refractivity contribution is -0.140. The topological polar surface area (TPSA) is 274 Å². The van der Waals surface area contributed by atoms with E-state index in [-0.39, 0.29) is 0 Å². The van der Waals surface area contributed by atoms with E-state index in [1.807, 2.05) is 27.7 Å². The molecule has 0 unspecified atom stereocenters. The molecule has 0 radical (unpaired) electrons. The molecule has 0 aliphatic carbocycles. The summed E-state index contributed by atoms with van der Waals surface area (Å²) in [7, 11) is 0. The number of hydrogen-bond donors (Lipinski definition) is 9. The summed E-state index contributed by atoms with van der Waals surface area (Å²) in [6, 6.07) is -3.24. The highest BCUT2D eigenvalue weighted by Crippen LogP contribution is 2.02. The van der Waals surface area contributed by atoms with E-state index in [4.69, 9.17) is 48.5 Å². The lowest BCUT2D eigenvalue weighted by Crippen LogP contribution is -2.33. The molecule has 13 nitrogen and oxygen atoms in total. The van der Waals surface area contributed by atoms with Crippen molar-refractivity contribution in [1.29, 1.82) is 0 Å². The van der Waals surface area contributed by atoms with Gasteiger partial charge in [0.15, 0.2) is 0 Å². The molecule has 0 saturated heterocycles. The molecule has 13 N–H and O–H groups in total. The van der Waals surface area contributed by atoms with Crippen molar-refractivity contribution < 1.29 is 44.7 Å². The third-order valence-corrected chi connectivity index (χ3v) is 2.99. The van der Waals surface area contributed by atoms with Crippen molar-refractivity contribution in [3.8, 4) is 0 Å². The molecule has 0 aliphatic rings. The van der Waals surface area contributed by atoms with E-state index in [2.05, 4.69) is 0 Å². The molecule has 0 aliphatic heterocycles. The molecule has 186 valence electrons. The van der Waals surface area contributed by atoms with Crippen molar-refractivity contribution in [3.63, 3.8) is 0 Å². The molecule has 31 heavy (non-hydrogen) atoms. The van der Waals surface area contributed by atoms with Gasteiger partial charge in [0.05, 0.1) is 6.61 Å². The van der Waals surface area contributed by atoms with Crippen LogP contribution in [0.15, 0.2) is 0 Å². The molecule has 0 saturated carbocycles. The second-order valence-electron chi connectivity index (χ2n) is 7.40. The summed E-state index contributed by atoms with van der Waals surface area (Å²) in [4.78, 5) is 39.4. The lowest BCUT2D eigenvalue weighted by Gasteiger charge is -2.07. The van der Waals surface area contributed by atoms with Crippen LogP contribution in [-0.2, 0) is 19.2 Å². The summed E-state index contributed by atoms with van der Waals surface area (Å²) in [5.41, 5.74) is 20.0. The molecular weight excluding hydrogens is 416 g/mol. The van der Waals surface area contributed by atoms with Gasteiger partial charge >= 0.3 is 23.9 Å². The van der Waals surface area contributed by atoms with Crippen LogP contribution in [0.3, 0.4) is 0 Å². The summed E-state index contributed by atoms with van der Waals surface area (Å²) in [5, 5.41) is 40.4. The van der Waals surface area contributed by atoms with Gasteiger partial charge in [0.25, 0.3) is 0 Å². The zero-order valence-electron chi connectivity index (χ0n) is 18.8. The van der Waals surface area contributed by atoms with E-state index in [0.29, 0.717) is 24.7 Å². The number of carbonyl (C=O) groups is 4. The van der Waals surface area contributed by atoms with Crippen LogP contribution in [0, 0.1) is 11.8 Å². The largest absolute Gasteiger partial charge is 0.480 e. The third-order valence-electron chi connectivity index (χ3n) is 2.99. The predicted octanol–water partition coefficient (Wildman–Crippen LogP) is -1.30. The van der Waals surface area contributed by atoms with Crippen molar-refractivity contribution in [2.75, 3.05) is 6.61 Å². The fourth-order valence-electron chi connectivity index (χ4n) is 1.30. The van der Waals surface area contributed by atoms with Crippen LogP contribution in [-0.4, -0.2) is 80.2 Å². The quantitative estimate of drug-likeness (QED) is 0.195. The molecule has 0 rings (SSSR count). The molecular formula is C18H40N4O9. The number of aliphatic carboxylic acids is 4. The van der Waals surface area contributed by atoms with E-state index < -0.39 is 54.7 Å². The minimum absolute atomic E-state index is 0.357. The maximum absolute atomic E-state index is 10.1. The Morgan fingerprint density at radius 1 is 0.581 bits per heavy atom. The maximum atomic E-state index is 10.1. The Hall–Kier alpha value is -2.32. The molecule has 13 heteroatoms. The van der Waals surface area contributed by atoms with Gasteiger partial charge in [-0.1, -0.05) is 27.7 Å². The summed E-state index contributed by atoms with van der Waals surface area (Å²) in [6.45, 7) is 8.70. The van der Waals surface area contributed by atoms with Crippen molar-refractivity contribution >= 4 is 23.9 Å². The van der Waals surface area contributed by atoms with Gasteiger partial charge in [0.1, 0.15) is 24.2 Å². The third kappa shape index (κ3) is 32.6. The van der Waals surface area contributed by atoms with E-state index in [0.717, 1.165) is 0 Å². The van der Waals surface area contributed by atoms with Gasteiger partial charge < -0.3 is 48.5 Å². The number of aliphatic hydroxyl groups excluding tert-OH is 1. The van der Waals surface area contributed by atoms with Gasteiger partial charge in [-0.25, -0.2) is 0 Å². The normalized spacial score (nSPS) is 13.7. The van der Waals surface area contributed by atoms with Gasteiger partial charge in [-0.2, -0.15) is 0 Å². The fourth-order valence-corrected chi connectivity index (χ4v) is 1.30. The Balaban J connectivity index is -0.000000159. The van der Waals surface area contributed by atoms with Crippen molar-refractivity contribution in [2.24, 2.45) is 34.8 Å². The number of carboxylic acids is 4. The van der Waals surface area contributed by atoms with E-state index in [9.17, 15) is 19.2 Å². The first kappa shape index (κ1) is 36.1. The van der Waals surface area contributed by atoms with Crippen molar-refractivity contribution in [2.45, 2.75) is 71.6 Å². The number of aliphatic hydroxyl groups is 1. The minimum Gasteiger partial charge on any atom is -0.480 e. The molecule has 4 atom stereocenters.